The van der Waals surface area contributed by atoms with Gasteiger partial charge in [0, 0.05) is 17.1 Å². The van der Waals surface area contributed by atoms with Crippen molar-refractivity contribution in [2.24, 2.45) is 0 Å². The van der Waals surface area contributed by atoms with Crippen LogP contribution in [0.5, 0.6) is 0 Å². The number of rotatable bonds is 4. The Morgan fingerprint density at radius 2 is 1.91 bits per heavy atom. The molecule has 22 heavy (non-hydrogen) atoms. The molecule has 1 heterocycles. The number of imidazole rings is 1. The van der Waals surface area contributed by atoms with E-state index in [4.69, 9.17) is 11.6 Å². The number of amides is 1. The molecular weight excluding hydrogens is 298 g/mol. The summed E-state index contributed by atoms with van der Waals surface area (Å²) >= 11 is 5.85. The van der Waals surface area contributed by atoms with Crippen molar-refractivity contribution in [3.05, 3.63) is 59.1 Å². The van der Waals surface area contributed by atoms with Crippen LogP contribution in [-0.4, -0.2) is 15.5 Å². The first kappa shape index (κ1) is 14.6. The lowest BCUT2D eigenvalue weighted by Gasteiger charge is -2.09. The van der Waals surface area contributed by atoms with Crippen molar-refractivity contribution in [2.75, 3.05) is 5.32 Å². The first-order chi connectivity index (χ1) is 10.7. The summed E-state index contributed by atoms with van der Waals surface area (Å²) in [5, 5.41) is 3.50. The summed E-state index contributed by atoms with van der Waals surface area (Å²) in [4.78, 5) is 16.9. The van der Waals surface area contributed by atoms with E-state index < -0.39 is 0 Å². The SMILES string of the molecule is CCCn1c(NC(=O)c2ccc(Cl)cc2)nc2ccccc21. The van der Waals surface area contributed by atoms with Gasteiger partial charge >= 0.3 is 0 Å². The summed E-state index contributed by atoms with van der Waals surface area (Å²) in [5.74, 6) is 0.382. The number of nitrogens with one attached hydrogen (secondary N) is 1. The fourth-order valence-electron chi connectivity index (χ4n) is 2.40. The molecule has 0 aliphatic rings. The Bertz CT molecular complexity index is 808. The van der Waals surface area contributed by atoms with Crippen molar-refractivity contribution in [1.29, 1.82) is 0 Å². The molecule has 2 aromatic carbocycles. The Balaban J connectivity index is 1.94. The second kappa shape index (κ2) is 6.20. The van der Waals surface area contributed by atoms with Crippen molar-refractivity contribution >= 4 is 34.5 Å². The Morgan fingerprint density at radius 3 is 2.64 bits per heavy atom. The molecule has 4 nitrogen and oxygen atoms in total. The van der Waals surface area contributed by atoms with Crippen LogP contribution in [-0.2, 0) is 6.54 Å². The largest absolute Gasteiger partial charge is 0.310 e. The van der Waals surface area contributed by atoms with Gasteiger partial charge in [0.25, 0.3) is 5.91 Å². The number of halogens is 1. The van der Waals surface area contributed by atoms with E-state index in [2.05, 4.69) is 17.2 Å². The molecule has 0 aliphatic carbocycles. The van der Waals surface area contributed by atoms with Gasteiger partial charge in [-0.05, 0) is 42.8 Å². The number of aromatic nitrogens is 2. The van der Waals surface area contributed by atoms with E-state index in [1.807, 2.05) is 28.8 Å². The van der Waals surface area contributed by atoms with Crippen molar-refractivity contribution in [2.45, 2.75) is 19.9 Å². The van der Waals surface area contributed by atoms with Gasteiger partial charge in [0.1, 0.15) is 0 Å². The highest BCUT2D eigenvalue weighted by molar-refractivity contribution is 6.30. The van der Waals surface area contributed by atoms with E-state index in [0.29, 0.717) is 16.5 Å². The number of nitrogens with zero attached hydrogens (tertiary/aromatic N) is 2. The minimum Gasteiger partial charge on any atom is -0.310 e. The maximum atomic E-state index is 12.4. The van der Waals surface area contributed by atoms with Crippen LogP contribution in [0, 0.1) is 0 Å². The highest BCUT2D eigenvalue weighted by atomic mass is 35.5. The predicted molar refractivity (Wildman–Crippen MR) is 89.4 cm³/mol. The molecule has 0 spiro atoms. The van der Waals surface area contributed by atoms with Crippen LogP contribution in [0.15, 0.2) is 48.5 Å². The number of para-hydroxylation sites is 2. The van der Waals surface area contributed by atoms with Crippen LogP contribution in [0.4, 0.5) is 5.95 Å². The number of carbonyl (C=O) groups is 1. The number of hydrogen-bond acceptors (Lipinski definition) is 2. The molecule has 0 radical (unpaired) electrons. The fourth-order valence-corrected chi connectivity index (χ4v) is 2.52. The molecule has 5 heteroatoms. The first-order valence-electron chi connectivity index (χ1n) is 7.21. The van der Waals surface area contributed by atoms with Gasteiger partial charge < -0.3 is 4.57 Å². The van der Waals surface area contributed by atoms with Gasteiger partial charge in [0.2, 0.25) is 5.95 Å². The first-order valence-corrected chi connectivity index (χ1v) is 7.59. The molecule has 0 saturated heterocycles. The van der Waals surface area contributed by atoms with Gasteiger partial charge in [-0.2, -0.15) is 0 Å². The van der Waals surface area contributed by atoms with Crippen LogP contribution in [0.3, 0.4) is 0 Å². The molecule has 0 saturated carbocycles. The van der Waals surface area contributed by atoms with Crippen molar-refractivity contribution in [1.82, 2.24) is 9.55 Å². The third-order valence-corrected chi connectivity index (χ3v) is 3.69. The molecule has 0 bridgehead atoms. The van der Waals surface area contributed by atoms with Gasteiger partial charge in [0.05, 0.1) is 11.0 Å². The lowest BCUT2D eigenvalue weighted by molar-refractivity contribution is 0.102. The van der Waals surface area contributed by atoms with Gasteiger partial charge in [-0.15, -0.1) is 0 Å². The van der Waals surface area contributed by atoms with Gasteiger partial charge in [-0.1, -0.05) is 30.7 Å². The standard InChI is InChI=1S/C17H16ClN3O/c1-2-11-21-15-6-4-3-5-14(15)19-17(21)20-16(22)12-7-9-13(18)10-8-12/h3-10H,2,11H2,1H3,(H,19,20,22). The van der Waals surface area contributed by atoms with E-state index in [0.717, 1.165) is 24.0 Å². The number of aryl methyl sites for hydroxylation is 1. The van der Waals surface area contributed by atoms with Gasteiger partial charge in [-0.3, -0.25) is 10.1 Å². The molecule has 3 rings (SSSR count). The molecule has 1 N–H and O–H groups in total. The van der Waals surface area contributed by atoms with Crippen LogP contribution in [0.25, 0.3) is 11.0 Å². The van der Waals surface area contributed by atoms with E-state index in [-0.39, 0.29) is 5.91 Å². The monoisotopic (exact) mass is 313 g/mol. The number of benzene rings is 2. The molecule has 1 amide bonds. The van der Waals surface area contributed by atoms with Crippen LogP contribution in [0.1, 0.15) is 23.7 Å². The zero-order chi connectivity index (χ0) is 15.5. The quantitative estimate of drug-likeness (QED) is 0.778. The van der Waals surface area contributed by atoms with Crippen molar-refractivity contribution < 1.29 is 4.79 Å². The second-order valence-electron chi connectivity index (χ2n) is 5.04. The summed E-state index contributed by atoms with van der Waals surface area (Å²) in [5.41, 5.74) is 2.46. The van der Waals surface area contributed by atoms with Crippen LogP contribution < -0.4 is 5.32 Å². The minimum atomic E-state index is -0.190. The Labute approximate surface area is 133 Å². The summed E-state index contributed by atoms with van der Waals surface area (Å²) in [6.45, 7) is 2.90. The third-order valence-electron chi connectivity index (χ3n) is 3.43. The molecule has 0 unspecified atom stereocenters. The second-order valence-corrected chi connectivity index (χ2v) is 5.47. The Kier molecular flexibility index (Phi) is 4.11. The summed E-state index contributed by atoms with van der Waals surface area (Å²) in [7, 11) is 0. The van der Waals surface area contributed by atoms with Gasteiger partial charge in [0.15, 0.2) is 0 Å². The lowest BCUT2D eigenvalue weighted by atomic mass is 10.2. The minimum absolute atomic E-state index is 0.190. The molecule has 0 aliphatic heterocycles. The maximum absolute atomic E-state index is 12.4. The highest BCUT2D eigenvalue weighted by Crippen LogP contribution is 2.20. The molecular formula is C17H16ClN3O. The zero-order valence-corrected chi connectivity index (χ0v) is 13.0. The van der Waals surface area contributed by atoms with E-state index in [1.54, 1.807) is 24.3 Å². The van der Waals surface area contributed by atoms with E-state index in [9.17, 15) is 4.79 Å². The van der Waals surface area contributed by atoms with E-state index in [1.165, 1.54) is 0 Å². The predicted octanol–water partition coefficient (Wildman–Crippen LogP) is 4.35. The Hall–Kier alpha value is -2.33. The topological polar surface area (TPSA) is 46.9 Å². The zero-order valence-electron chi connectivity index (χ0n) is 12.2. The normalized spacial score (nSPS) is 10.8. The van der Waals surface area contributed by atoms with Gasteiger partial charge in [-0.25, -0.2) is 4.98 Å². The summed E-state index contributed by atoms with van der Waals surface area (Å²) in [6.07, 6.45) is 0.962. The van der Waals surface area contributed by atoms with Crippen molar-refractivity contribution in [3.8, 4) is 0 Å². The van der Waals surface area contributed by atoms with Crippen molar-refractivity contribution in [3.63, 3.8) is 0 Å². The third kappa shape index (κ3) is 2.83. The highest BCUT2D eigenvalue weighted by Gasteiger charge is 2.13. The average Bonchev–Trinajstić information content (AvgIpc) is 2.86. The number of carbonyl (C=O) groups excluding carboxylic acids is 1. The molecule has 3 aromatic rings. The smallest absolute Gasteiger partial charge is 0.257 e. The fraction of sp³-hybridized carbons (Fsp3) is 0.176. The summed E-state index contributed by atoms with van der Waals surface area (Å²) < 4.78 is 2.03. The molecule has 1 aromatic heterocycles. The number of hydrogen-bond donors (Lipinski definition) is 1. The summed E-state index contributed by atoms with van der Waals surface area (Å²) in [6, 6.07) is 14.7. The lowest BCUT2D eigenvalue weighted by Crippen LogP contribution is -2.16. The molecule has 0 atom stereocenters. The Morgan fingerprint density at radius 1 is 1.18 bits per heavy atom. The maximum Gasteiger partial charge on any atom is 0.257 e. The van der Waals surface area contributed by atoms with Crippen LogP contribution >= 0.6 is 11.6 Å². The number of anilines is 1. The van der Waals surface area contributed by atoms with Crippen LogP contribution in [0.2, 0.25) is 5.02 Å². The average molecular weight is 314 g/mol. The molecule has 0 fully saturated rings. The number of fused-ring (bicyclic) bond motifs is 1. The van der Waals surface area contributed by atoms with E-state index >= 15 is 0 Å². The molecule has 112 valence electrons.